The quantitative estimate of drug-likeness (QED) is 0.536. The minimum Gasteiger partial charge on any atom is -0.458 e. The molecule has 0 aliphatic rings. The van der Waals surface area contributed by atoms with Crippen molar-refractivity contribution >= 4 is 28.4 Å². The summed E-state index contributed by atoms with van der Waals surface area (Å²) in [5, 5.41) is 7.98. The fourth-order valence-corrected chi connectivity index (χ4v) is 2.64. The van der Waals surface area contributed by atoms with E-state index in [1.165, 1.54) is 0 Å². The molecule has 136 valence electrons. The Morgan fingerprint density at radius 1 is 1.23 bits per heavy atom. The summed E-state index contributed by atoms with van der Waals surface area (Å²) in [5.74, 6) is 0.153. The summed E-state index contributed by atoms with van der Waals surface area (Å²) >= 11 is 0. The number of hydrogen-bond donors (Lipinski definition) is 2. The molecule has 26 heavy (non-hydrogen) atoms. The maximum Gasteiger partial charge on any atom is 0.329 e. The summed E-state index contributed by atoms with van der Waals surface area (Å²) in [6.45, 7) is 5.54. The Kier molecular flexibility index (Phi) is 4.84. The molecule has 0 amide bonds. The van der Waals surface area contributed by atoms with E-state index in [4.69, 9.17) is 15.0 Å². The van der Waals surface area contributed by atoms with Gasteiger partial charge in [0.05, 0.1) is 5.39 Å². The van der Waals surface area contributed by atoms with Crippen molar-refractivity contribution in [2.24, 2.45) is 0 Å². The first-order chi connectivity index (χ1) is 12.3. The summed E-state index contributed by atoms with van der Waals surface area (Å²) in [7, 11) is 0. The molecule has 3 N–H and O–H groups in total. The Hall–Kier alpha value is -3.02. The van der Waals surface area contributed by atoms with Crippen molar-refractivity contribution in [3.05, 3.63) is 54.1 Å². The van der Waals surface area contributed by atoms with Crippen molar-refractivity contribution in [1.82, 2.24) is 5.16 Å². The smallest absolute Gasteiger partial charge is 0.329 e. The van der Waals surface area contributed by atoms with Crippen LogP contribution in [0.1, 0.15) is 26.3 Å². The van der Waals surface area contributed by atoms with Crippen LogP contribution in [0.4, 0.5) is 11.5 Å². The highest BCUT2D eigenvalue weighted by atomic mass is 16.6. The number of benzene rings is 2. The van der Waals surface area contributed by atoms with Gasteiger partial charge in [-0.05, 0) is 38.5 Å². The fourth-order valence-electron chi connectivity index (χ4n) is 2.64. The molecular weight excluding hydrogens is 330 g/mol. The number of carbonyl (C=O) groups is 1. The third-order valence-electron chi connectivity index (χ3n) is 3.78. The SMILES string of the molecule is CC(C)(C)OC(=O)[C@H](Cc1ccccc1)Nc1noc2cc(N)ccc12. The number of nitrogen functional groups attached to an aromatic ring is 1. The molecule has 0 fully saturated rings. The molecule has 0 saturated carbocycles. The second-order valence-corrected chi connectivity index (χ2v) is 7.21. The lowest BCUT2D eigenvalue weighted by molar-refractivity contribution is -0.155. The normalized spacial score (nSPS) is 12.7. The van der Waals surface area contributed by atoms with Crippen molar-refractivity contribution < 1.29 is 14.1 Å². The standard InChI is InChI=1S/C20H23N3O3/c1-20(2,3)25-19(24)16(11-13-7-5-4-6-8-13)22-18-15-10-9-14(21)12-17(15)26-23-18/h4-10,12,16H,11,21H2,1-3H3,(H,22,23)/t16-/m0/s1. The summed E-state index contributed by atoms with van der Waals surface area (Å²) < 4.78 is 10.9. The predicted octanol–water partition coefficient (Wildman–Crippen LogP) is 3.77. The molecule has 6 nitrogen and oxygen atoms in total. The largest absolute Gasteiger partial charge is 0.458 e. The van der Waals surface area contributed by atoms with Gasteiger partial charge in [-0.25, -0.2) is 4.79 Å². The molecule has 1 heterocycles. The van der Waals surface area contributed by atoms with Crippen LogP contribution in [0.5, 0.6) is 0 Å². The van der Waals surface area contributed by atoms with E-state index < -0.39 is 11.6 Å². The van der Waals surface area contributed by atoms with Gasteiger partial charge in [-0.1, -0.05) is 35.5 Å². The molecule has 1 atom stereocenters. The zero-order valence-electron chi connectivity index (χ0n) is 15.2. The van der Waals surface area contributed by atoms with Gasteiger partial charge < -0.3 is 20.3 Å². The van der Waals surface area contributed by atoms with E-state index in [1.54, 1.807) is 12.1 Å². The molecule has 0 aliphatic carbocycles. The Balaban J connectivity index is 1.87. The maximum atomic E-state index is 12.7. The van der Waals surface area contributed by atoms with Gasteiger partial charge in [0, 0.05) is 18.2 Å². The predicted molar refractivity (Wildman–Crippen MR) is 102 cm³/mol. The molecule has 6 heteroatoms. The molecule has 0 unspecified atom stereocenters. The highest BCUT2D eigenvalue weighted by molar-refractivity contribution is 5.92. The summed E-state index contributed by atoms with van der Waals surface area (Å²) in [5.41, 5.74) is 7.37. The average Bonchev–Trinajstić information content (AvgIpc) is 2.95. The van der Waals surface area contributed by atoms with Crippen LogP contribution in [0.2, 0.25) is 0 Å². The number of carbonyl (C=O) groups excluding carboxylic acids is 1. The molecule has 3 rings (SSSR count). The third kappa shape index (κ3) is 4.33. The third-order valence-corrected chi connectivity index (χ3v) is 3.78. The molecule has 0 aliphatic heterocycles. The molecule has 2 aromatic carbocycles. The number of hydrogen-bond acceptors (Lipinski definition) is 6. The maximum absolute atomic E-state index is 12.7. The van der Waals surface area contributed by atoms with Gasteiger partial charge in [-0.3, -0.25) is 0 Å². The number of nitrogens with zero attached hydrogens (tertiary/aromatic N) is 1. The number of anilines is 2. The summed E-state index contributed by atoms with van der Waals surface area (Å²) in [6, 6.07) is 14.5. The zero-order valence-corrected chi connectivity index (χ0v) is 15.2. The van der Waals surface area contributed by atoms with Crippen LogP contribution in [0.3, 0.4) is 0 Å². The van der Waals surface area contributed by atoms with Crippen LogP contribution in [-0.4, -0.2) is 22.8 Å². The fraction of sp³-hybridized carbons (Fsp3) is 0.300. The van der Waals surface area contributed by atoms with Gasteiger partial charge in [-0.15, -0.1) is 0 Å². The lowest BCUT2D eigenvalue weighted by Gasteiger charge is -2.24. The Bertz CT molecular complexity index is 898. The second kappa shape index (κ2) is 7.07. The lowest BCUT2D eigenvalue weighted by Crippen LogP contribution is -2.38. The topological polar surface area (TPSA) is 90.4 Å². The van der Waals surface area contributed by atoms with Crippen LogP contribution < -0.4 is 11.1 Å². The Morgan fingerprint density at radius 2 is 1.96 bits per heavy atom. The highest BCUT2D eigenvalue weighted by Crippen LogP contribution is 2.26. The monoisotopic (exact) mass is 353 g/mol. The van der Waals surface area contributed by atoms with Gasteiger partial charge in [0.15, 0.2) is 11.4 Å². The first-order valence-electron chi connectivity index (χ1n) is 8.50. The van der Waals surface area contributed by atoms with Crippen LogP contribution in [0.25, 0.3) is 11.0 Å². The molecule has 0 saturated heterocycles. The number of fused-ring (bicyclic) bond motifs is 1. The number of rotatable bonds is 5. The average molecular weight is 353 g/mol. The van der Waals surface area contributed by atoms with Crippen molar-refractivity contribution in [2.75, 3.05) is 11.1 Å². The molecule has 1 aromatic heterocycles. The van der Waals surface area contributed by atoms with Gasteiger partial charge in [0.2, 0.25) is 0 Å². The summed E-state index contributed by atoms with van der Waals surface area (Å²) in [4.78, 5) is 12.7. The summed E-state index contributed by atoms with van der Waals surface area (Å²) in [6.07, 6.45) is 0.471. The highest BCUT2D eigenvalue weighted by Gasteiger charge is 2.27. The Labute approximate surface area is 152 Å². The van der Waals surface area contributed by atoms with E-state index in [9.17, 15) is 4.79 Å². The second-order valence-electron chi connectivity index (χ2n) is 7.21. The number of nitrogens with one attached hydrogen (secondary N) is 1. The van der Waals surface area contributed by atoms with E-state index in [0.717, 1.165) is 10.9 Å². The molecule has 0 radical (unpaired) electrons. The first kappa shape index (κ1) is 17.8. The van der Waals surface area contributed by atoms with Crippen molar-refractivity contribution in [2.45, 2.75) is 38.8 Å². The van der Waals surface area contributed by atoms with Crippen LogP contribution in [-0.2, 0) is 16.0 Å². The molecule has 3 aromatic rings. The van der Waals surface area contributed by atoms with Crippen LogP contribution in [0, 0.1) is 0 Å². The van der Waals surface area contributed by atoms with E-state index in [1.807, 2.05) is 57.2 Å². The number of aromatic nitrogens is 1. The molecular formula is C20H23N3O3. The van der Waals surface area contributed by atoms with Crippen molar-refractivity contribution in [3.63, 3.8) is 0 Å². The van der Waals surface area contributed by atoms with E-state index in [-0.39, 0.29) is 5.97 Å². The number of ether oxygens (including phenoxy) is 1. The van der Waals surface area contributed by atoms with Gasteiger partial charge in [0.1, 0.15) is 11.6 Å². The Morgan fingerprint density at radius 3 is 2.65 bits per heavy atom. The van der Waals surface area contributed by atoms with Crippen LogP contribution >= 0.6 is 0 Å². The van der Waals surface area contributed by atoms with Gasteiger partial charge >= 0.3 is 5.97 Å². The van der Waals surface area contributed by atoms with Crippen molar-refractivity contribution in [1.29, 1.82) is 0 Å². The zero-order chi connectivity index (χ0) is 18.7. The molecule has 0 spiro atoms. The minimum atomic E-state index is -0.595. The van der Waals surface area contributed by atoms with Gasteiger partial charge in [0.25, 0.3) is 0 Å². The minimum absolute atomic E-state index is 0.340. The lowest BCUT2D eigenvalue weighted by atomic mass is 10.1. The first-order valence-corrected chi connectivity index (χ1v) is 8.50. The van der Waals surface area contributed by atoms with E-state index in [2.05, 4.69) is 10.5 Å². The molecule has 0 bridgehead atoms. The van der Waals surface area contributed by atoms with Gasteiger partial charge in [-0.2, -0.15) is 0 Å². The number of esters is 1. The van der Waals surface area contributed by atoms with E-state index in [0.29, 0.717) is 23.5 Å². The van der Waals surface area contributed by atoms with Crippen LogP contribution in [0.15, 0.2) is 53.1 Å². The van der Waals surface area contributed by atoms with Crippen molar-refractivity contribution in [3.8, 4) is 0 Å². The van der Waals surface area contributed by atoms with E-state index >= 15 is 0 Å². The number of nitrogens with two attached hydrogens (primary N) is 1.